The van der Waals surface area contributed by atoms with Gasteiger partial charge in [0.1, 0.15) is 5.75 Å². The molecule has 0 atom stereocenters. The van der Waals surface area contributed by atoms with E-state index in [0.29, 0.717) is 39.2 Å². The van der Waals surface area contributed by atoms with Crippen molar-refractivity contribution in [3.63, 3.8) is 0 Å². The lowest BCUT2D eigenvalue weighted by Gasteiger charge is -2.11. The van der Waals surface area contributed by atoms with Crippen LogP contribution in [0.2, 0.25) is 5.02 Å². The first kappa shape index (κ1) is 18.8. The summed E-state index contributed by atoms with van der Waals surface area (Å²) in [6.07, 6.45) is 1.78. The molecule has 0 unspecified atom stereocenters. The summed E-state index contributed by atoms with van der Waals surface area (Å²) in [5, 5.41) is 7.57. The average molecular weight is 409 g/mol. The first-order chi connectivity index (χ1) is 14.1. The predicted molar refractivity (Wildman–Crippen MR) is 111 cm³/mol. The minimum absolute atomic E-state index is 0.317. The van der Waals surface area contributed by atoms with E-state index in [1.54, 1.807) is 60.3 Å². The van der Waals surface area contributed by atoms with Gasteiger partial charge in [0, 0.05) is 11.6 Å². The molecule has 1 N–H and O–H groups in total. The molecule has 0 spiro atoms. The van der Waals surface area contributed by atoms with Gasteiger partial charge in [-0.2, -0.15) is 0 Å². The predicted octanol–water partition coefficient (Wildman–Crippen LogP) is 4.32. The van der Waals surface area contributed by atoms with Crippen LogP contribution in [0.5, 0.6) is 11.6 Å². The highest BCUT2D eigenvalue weighted by molar-refractivity contribution is 6.34. The number of rotatable bonds is 5. The van der Waals surface area contributed by atoms with Crippen LogP contribution < -0.4 is 14.8 Å². The molecule has 29 heavy (non-hydrogen) atoms. The number of amides is 1. The maximum atomic E-state index is 12.7. The van der Waals surface area contributed by atoms with Crippen LogP contribution in [0.4, 0.5) is 5.69 Å². The van der Waals surface area contributed by atoms with Crippen molar-refractivity contribution in [3.05, 3.63) is 71.4 Å². The fraction of sp³-hybridized carbons (Fsp3) is 0.0952. The Bertz CT molecular complexity index is 1210. The summed E-state index contributed by atoms with van der Waals surface area (Å²) in [6.45, 7) is 0. The maximum Gasteiger partial charge on any atom is 0.259 e. The summed E-state index contributed by atoms with van der Waals surface area (Å²) >= 11 is 6.31. The quantitative estimate of drug-likeness (QED) is 0.532. The van der Waals surface area contributed by atoms with E-state index in [-0.39, 0.29) is 5.91 Å². The number of nitrogens with zero attached hydrogens (tertiary/aromatic N) is 3. The first-order valence-electron chi connectivity index (χ1n) is 8.74. The monoisotopic (exact) mass is 408 g/mol. The molecular formula is C21H17ClN4O3. The van der Waals surface area contributed by atoms with Gasteiger partial charge in [-0.05, 0) is 30.3 Å². The molecular weight excluding hydrogens is 392 g/mol. The van der Waals surface area contributed by atoms with Crippen molar-refractivity contribution in [3.8, 4) is 22.9 Å². The Morgan fingerprint density at radius 2 is 1.90 bits per heavy atom. The largest absolute Gasteiger partial charge is 0.496 e. The van der Waals surface area contributed by atoms with Gasteiger partial charge < -0.3 is 14.8 Å². The Balaban J connectivity index is 1.66. The number of aromatic nitrogens is 3. The molecule has 4 aromatic rings. The average Bonchev–Trinajstić information content (AvgIpc) is 3.18. The van der Waals surface area contributed by atoms with Crippen molar-refractivity contribution in [1.29, 1.82) is 0 Å². The molecule has 146 valence electrons. The van der Waals surface area contributed by atoms with Gasteiger partial charge in [0.05, 0.1) is 42.4 Å². The van der Waals surface area contributed by atoms with Crippen molar-refractivity contribution in [2.24, 2.45) is 0 Å². The van der Waals surface area contributed by atoms with Gasteiger partial charge in [-0.15, -0.1) is 5.10 Å². The number of ether oxygens (including phenoxy) is 2. The third-order valence-electron chi connectivity index (χ3n) is 4.37. The lowest BCUT2D eigenvalue weighted by molar-refractivity contribution is 0.102. The van der Waals surface area contributed by atoms with Gasteiger partial charge in [0.2, 0.25) is 5.88 Å². The van der Waals surface area contributed by atoms with Crippen LogP contribution in [-0.4, -0.2) is 34.7 Å². The Morgan fingerprint density at radius 3 is 2.69 bits per heavy atom. The normalized spacial score (nSPS) is 10.7. The number of methoxy groups -OCH3 is 2. The van der Waals surface area contributed by atoms with Gasteiger partial charge in [-0.1, -0.05) is 29.8 Å². The molecule has 0 saturated carbocycles. The molecule has 0 aliphatic rings. The first-order valence-corrected chi connectivity index (χ1v) is 9.11. The zero-order chi connectivity index (χ0) is 20.4. The third kappa shape index (κ3) is 3.72. The van der Waals surface area contributed by atoms with Crippen LogP contribution in [0.1, 0.15) is 10.4 Å². The Labute approximate surface area is 171 Å². The summed E-state index contributed by atoms with van der Waals surface area (Å²) in [5.74, 6) is 0.655. The second-order valence-corrected chi connectivity index (χ2v) is 6.56. The number of anilines is 1. The highest BCUT2D eigenvalue weighted by Crippen LogP contribution is 2.30. The van der Waals surface area contributed by atoms with Crippen molar-refractivity contribution in [1.82, 2.24) is 14.6 Å². The van der Waals surface area contributed by atoms with Crippen LogP contribution in [0.3, 0.4) is 0 Å². The number of fused-ring (bicyclic) bond motifs is 1. The van der Waals surface area contributed by atoms with E-state index in [0.717, 1.165) is 5.56 Å². The lowest BCUT2D eigenvalue weighted by atomic mass is 10.1. The number of halogens is 1. The SMILES string of the molecule is COc1ccc2nc(-c3ccc(Cl)c(NC(=O)c4ccccc4OC)c3)cn2n1. The van der Waals surface area contributed by atoms with Gasteiger partial charge in [-0.25, -0.2) is 9.50 Å². The van der Waals surface area contributed by atoms with Crippen molar-refractivity contribution < 1.29 is 14.3 Å². The number of benzene rings is 2. The summed E-state index contributed by atoms with van der Waals surface area (Å²) in [7, 11) is 3.08. The zero-order valence-electron chi connectivity index (χ0n) is 15.7. The summed E-state index contributed by atoms with van der Waals surface area (Å²) in [5.41, 5.74) is 3.04. The second-order valence-electron chi connectivity index (χ2n) is 6.15. The van der Waals surface area contributed by atoms with E-state index in [2.05, 4.69) is 15.4 Å². The molecule has 7 nitrogen and oxygen atoms in total. The van der Waals surface area contributed by atoms with Crippen LogP contribution >= 0.6 is 11.6 Å². The molecule has 0 bridgehead atoms. The van der Waals surface area contributed by atoms with Gasteiger partial charge >= 0.3 is 0 Å². The summed E-state index contributed by atoms with van der Waals surface area (Å²) < 4.78 is 12.0. The number of imidazole rings is 1. The minimum atomic E-state index is -0.317. The molecule has 0 fully saturated rings. The molecule has 4 rings (SSSR count). The van der Waals surface area contributed by atoms with E-state index in [4.69, 9.17) is 21.1 Å². The Kier molecular flexibility index (Phi) is 5.05. The number of hydrogen-bond donors (Lipinski definition) is 1. The van der Waals surface area contributed by atoms with E-state index < -0.39 is 0 Å². The highest BCUT2D eigenvalue weighted by atomic mass is 35.5. The molecule has 0 aliphatic carbocycles. The molecule has 8 heteroatoms. The van der Waals surface area contributed by atoms with Crippen LogP contribution in [-0.2, 0) is 0 Å². The Hall–Kier alpha value is -3.58. The fourth-order valence-electron chi connectivity index (χ4n) is 2.91. The van der Waals surface area contributed by atoms with Gasteiger partial charge in [0.15, 0.2) is 5.65 Å². The van der Waals surface area contributed by atoms with Crippen molar-refractivity contribution >= 4 is 28.8 Å². The summed E-state index contributed by atoms with van der Waals surface area (Å²) in [6, 6.07) is 15.9. The standard InChI is InChI=1S/C21H17ClN4O3/c1-28-18-6-4-3-5-14(18)21(27)24-16-11-13(7-8-15(16)22)17-12-26-19(23-17)9-10-20(25-26)29-2/h3-12H,1-2H3,(H,24,27). The molecule has 0 aliphatic heterocycles. The van der Waals surface area contributed by atoms with E-state index in [1.165, 1.54) is 7.11 Å². The highest BCUT2D eigenvalue weighted by Gasteiger charge is 2.15. The van der Waals surface area contributed by atoms with Crippen LogP contribution in [0.15, 0.2) is 60.8 Å². The molecule has 0 radical (unpaired) electrons. The fourth-order valence-corrected chi connectivity index (χ4v) is 3.08. The van der Waals surface area contributed by atoms with Crippen LogP contribution in [0, 0.1) is 0 Å². The zero-order valence-corrected chi connectivity index (χ0v) is 16.5. The number of carbonyl (C=O) groups is 1. The molecule has 0 saturated heterocycles. The minimum Gasteiger partial charge on any atom is -0.496 e. The second kappa shape index (κ2) is 7.81. The van der Waals surface area contributed by atoms with E-state index >= 15 is 0 Å². The number of nitrogens with one attached hydrogen (secondary N) is 1. The molecule has 2 aromatic carbocycles. The molecule has 2 heterocycles. The number of carbonyl (C=O) groups excluding carboxylic acids is 1. The number of para-hydroxylation sites is 1. The Morgan fingerprint density at radius 1 is 1.07 bits per heavy atom. The topological polar surface area (TPSA) is 77.8 Å². The maximum absolute atomic E-state index is 12.7. The number of hydrogen-bond acceptors (Lipinski definition) is 5. The summed E-state index contributed by atoms with van der Waals surface area (Å²) in [4.78, 5) is 17.3. The molecule has 2 aromatic heterocycles. The lowest BCUT2D eigenvalue weighted by Crippen LogP contribution is -2.13. The molecule has 1 amide bonds. The van der Waals surface area contributed by atoms with Gasteiger partial charge in [0.25, 0.3) is 5.91 Å². The smallest absolute Gasteiger partial charge is 0.259 e. The van der Waals surface area contributed by atoms with Crippen LogP contribution in [0.25, 0.3) is 16.9 Å². The van der Waals surface area contributed by atoms with Crippen molar-refractivity contribution in [2.75, 3.05) is 19.5 Å². The van der Waals surface area contributed by atoms with E-state index in [1.807, 2.05) is 12.1 Å². The van der Waals surface area contributed by atoms with E-state index in [9.17, 15) is 4.79 Å². The van der Waals surface area contributed by atoms with Crippen molar-refractivity contribution in [2.45, 2.75) is 0 Å². The van der Waals surface area contributed by atoms with Gasteiger partial charge in [-0.3, -0.25) is 4.79 Å². The third-order valence-corrected chi connectivity index (χ3v) is 4.70.